The van der Waals surface area contributed by atoms with Crippen LogP contribution in [0, 0.1) is 0 Å². The molecule has 0 bridgehead atoms. The summed E-state index contributed by atoms with van der Waals surface area (Å²) in [6, 6.07) is 7.60. The number of guanidine groups is 1. The minimum absolute atomic E-state index is 0. The molecule has 1 heterocycles. The minimum Gasteiger partial charge on any atom is -0.497 e. The number of benzene rings is 1. The SMILES string of the molecule is CCOCCCN=C(N)NCCCCCc1nc(-c2ccc(OC)cc2)no1.I. The van der Waals surface area contributed by atoms with Gasteiger partial charge in [-0.2, -0.15) is 4.98 Å². The van der Waals surface area contributed by atoms with Crippen molar-refractivity contribution < 1.29 is 14.0 Å². The number of rotatable bonds is 13. The molecule has 3 N–H and O–H groups in total. The number of aryl methyl sites for hydroxylation is 1. The van der Waals surface area contributed by atoms with E-state index in [9.17, 15) is 0 Å². The van der Waals surface area contributed by atoms with Crippen LogP contribution in [-0.2, 0) is 11.2 Å². The molecular formula is C20H32IN5O3. The molecule has 0 aliphatic rings. The quantitative estimate of drug-likeness (QED) is 0.182. The van der Waals surface area contributed by atoms with Crippen molar-refractivity contribution in [1.82, 2.24) is 15.5 Å². The van der Waals surface area contributed by atoms with E-state index in [4.69, 9.17) is 19.7 Å². The highest BCUT2D eigenvalue weighted by Crippen LogP contribution is 2.20. The van der Waals surface area contributed by atoms with E-state index in [-0.39, 0.29) is 24.0 Å². The van der Waals surface area contributed by atoms with Gasteiger partial charge in [0.1, 0.15) is 5.75 Å². The molecule has 0 spiro atoms. The third-order valence-corrected chi connectivity index (χ3v) is 4.12. The smallest absolute Gasteiger partial charge is 0.226 e. The highest BCUT2D eigenvalue weighted by molar-refractivity contribution is 14.0. The van der Waals surface area contributed by atoms with E-state index in [1.807, 2.05) is 31.2 Å². The summed E-state index contributed by atoms with van der Waals surface area (Å²) in [6.07, 6.45) is 4.69. The largest absolute Gasteiger partial charge is 0.497 e. The number of aliphatic imine (C=N–C) groups is 1. The number of ether oxygens (including phenoxy) is 2. The lowest BCUT2D eigenvalue weighted by Gasteiger charge is -2.05. The van der Waals surface area contributed by atoms with Crippen LogP contribution >= 0.6 is 24.0 Å². The summed E-state index contributed by atoms with van der Waals surface area (Å²) in [5, 5.41) is 7.18. The van der Waals surface area contributed by atoms with Gasteiger partial charge in [-0.15, -0.1) is 24.0 Å². The highest BCUT2D eigenvalue weighted by atomic mass is 127. The number of methoxy groups -OCH3 is 1. The Labute approximate surface area is 189 Å². The maximum absolute atomic E-state index is 5.83. The number of halogens is 1. The van der Waals surface area contributed by atoms with Gasteiger partial charge in [0.15, 0.2) is 5.96 Å². The van der Waals surface area contributed by atoms with Crippen molar-refractivity contribution in [3.63, 3.8) is 0 Å². The summed E-state index contributed by atoms with van der Waals surface area (Å²) in [5.41, 5.74) is 6.74. The molecule has 0 radical (unpaired) electrons. The van der Waals surface area contributed by atoms with Gasteiger partial charge in [-0.1, -0.05) is 11.6 Å². The van der Waals surface area contributed by atoms with Crippen molar-refractivity contribution >= 4 is 29.9 Å². The third-order valence-electron chi connectivity index (χ3n) is 4.12. The second kappa shape index (κ2) is 15.0. The van der Waals surface area contributed by atoms with Crippen molar-refractivity contribution in [2.24, 2.45) is 10.7 Å². The van der Waals surface area contributed by atoms with Crippen molar-refractivity contribution in [2.45, 2.75) is 39.0 Å². The zero-order chi connectivity index (χ0) is 20.0. The summed E-state index contributed by atoms with van der Waals surface area (Å²) in [7, 11) is 1.64. The Morgan fingerprint density at radius 3 is 2.69 bits per heavy atom. The van der Waals surface area contributed by atoms with Crippen LogP contribution in [0.5, 0.6) is 5.75 Å². The van der Waals surface area contributed by atoms with Crippen LogP contribution in [0.1, 0.15) is 38.5 Å². The number of hydrogen-bond acceptors (Lipinski definition) is 6. The van der Waals surface area contributed by atoms with Gasteiger partial charge in [-0.3, -0.25) is 4.99 Å². The fourth-order valence-corrected chi connectivity index (χ4v) is 2.57. The average Bonchev–Trinajstić information content (AvgIpc) is 3.19. The lowest BCUT2D eigenvalue weighted by Crippen LogP contribution is -2.32. The predicted molar refractivity (Wildman–Crippen MR) is 125 cm³/mol. The highest BCUT2D eigenvalue weighted by Gasteiger charge is 2.08. The fourth-order valence-electron chi connectivity index (χ4n) is 2.57. The first-order chi connectivity index (χ1) is 13.7. The van der Waals surface area contributed by atoms with Gasteiger partial charge in [-0.05, 0) is 50.5 Å². The first kappa shape index (κ1) is 25.2. The topological polar surface area (TPSA) is 108 Å². The number of nitrogens with two attached hydrogens (primary N) is 1. The van der Waals surface area contributed by atoms with Crippen LogP contribution in [0.2, 0.25) is 0 Å². The number of nitrogens with one attached hydrogen (secondary N) is 1. The molecular weight excluding hydrogens is 485 g/mol. The van der Waals surface area contributed by atoms with E-state index >= 15 is 0 Å². The molecule has 0 unspecified atom stereocenters. The number of hydrogen-bond donors (Lipinski definition) is 2. The summed E-state index contributed by atoms with van der Waals surface area (Å²) < 4.78 is 15.7. The van der Waals surface area contributed by atoms with Crippen LogP contribution in [0.3, 0.4) is 0 Å². The van der Waals surface area contributed by atoms with E-state index in [0.717, 1.165) is 63.2 Å². The maximum atomic E-state index is 5.83. The van der Waals surface area contributed by atoms with E-state index in [2.05, 4.69) is 20.4 Å². The monoisotopic (exact) mass is 517 g/mol. The van der Waals surface area contributed by atoms with Crippen LogP contribution in [-0.4, -0.2) is 49.5 Å². The van der Waals surface area contributed by atoms with Gasteiger partial charge >= 0.3 is 0 Å². The lowest BCUT2D eigenvalue weighted by molar-refractivity contribution is 0.146. The van der Waals surface area contributed by atoms with E-state index < -0.39 is 0 Å². The minimum atomic E-state index is 0. The number of unbranched alkanes of at least 4 members (excludes halogenated alkanes) is 2. The molecule has 0 aliphatic carbocycles. The standard InChI is InChI=1S/C20H31N5O3.HI/c1-3-27-15-7-14-23-20(21)22-13-6-4-5-8-18-24-19(25-28-18)16-9-11-17(26-2)12-10-16;/h9-12H,3-8,13-15H2,1-2H3,(H3,21,22,23);1H. The second-order valence-electron chi connectivity index (χ2n) is 6.30. The van der Waals surface area contributed by atoms with Gasteiger partial charge in [-0.25, -0.2) is 0 Å². The molecule has 0 atom stereocenters. The summed E-state index contributed by atoms with van der Waals surface area (Å²) in [4.78, 5) is 8.72. The summed E-state index contributed by atoms with van der Waals surface area (Å²) in [6.45, 7) is 4.94. The Balaban J connectivity index is 0.00000420. The van der Waals surface area contributed by atoms with Crippen molar-refractivity contribution in [3.8, 4) is 17.1 Å². The maximum Gasteiger partial charge on any atom is 0.226 e. The van der Waals surface area contributed by atoms with Crippen LogP contribution < -0.4 is 15.8 Å². The lowest BCUT2D eigenvalue weighted by atomic mass is 10.2. The Morgan fingerprint density at radius 1 is 1.17 bits per heavy atom. The van der Waals surface area contributed by atoms with Crippen LogP contribution in [0.4, 0.5) is 0 Å². The fraction of sp³-hybridized carbons (Fsp3) is 0.550. The van der Waals surface area contributed by atoms with Gasteiger partial charge in [0.05, 0.1) is 7.11 Å². The zero-order valence-corrected chi connectivity index (χ0v) is 19.6. The van der Waals surface area contributed by atoms with Gasteiger partial charge < -0.3 is 25.0 Å². The molecule has 2 aromatic rings. The average molecular weight is 517 g/mol. The molecule has 29 heavy (non-hydrogen) atoms. The molecule has 9 heteroatoms. The Hall–Kier alpha value is -1.88. The van der Waals surface area contributed by atoms with Gasteiger partial charge in [0.25, 0.3) is 0 Å². The molecule has 1 aromatic heterocycles. The van der Waals surface area contributed by atoms with E-state index in [0.29, 0.717) is 24.2 Å². The Morgan fingerprint density at radius 2 is 1.97 bits per heavy atom. The van der Waals surface area contributed by atoms with E-state index in [1.165, 1.54) is 0 Å². The molecule has 0 aliphatic heterocycles. The predicted octanol–water partition coefficient (Wildman–Crippen LogP) is 3.41. The molecule has 8 nitrogen and oxygen atoms in total. The third kappa shape index (κ3) is 9.93. The molecule has 0 fully saturated rings. The van der Waals surface area contributed by atoms with Gasteiger partial charge in [0, 0.05) is 38.3 Å². The molecule has 0 amide bonds. The Bertz CT molecular complexity index is 706. The normalized spacial score (nSPS) is 11.2. The van der Waals surface area contributed by atoms with Crippen LogP contribution in [0.15, 0.2) is 33.8 Å². The molecule has 0 saturated carbocycles. The molecule has 1 aromatic carbocycles. The van der Waals surface area contributed by atoms with Crippen molar-refractivity contribution in [1.29, 1.82) is 0 Å². The first-order valence-corrected chi connectivity index (χ1v) is 9.81. The Kier molecular flexibility index (Phi) is 13.0. The molecule has 162 valence electrons. The van der Waals surface area contributed by atoms with Crippen molar-refractivity contribution in [2.75, 3.05) is 33.4 Å². The van der Waals surface area contributed by atoms with Gasteiger partial charge in [0.2, 0.25) is 11.7 Å². The van der Waals surface area contributed by atoms with Crippen LogP contribution in [0.25, 0.3) is 11.4 Å². The first-order valence-electron chi connectivity index (χ1n) is 9.81. The molecule has 0 saturated heterocycles. The zero-order valence-electron chi connectivity index (χ0n) is 17.2. The summed E-state index contributed by atoms with van der Waals surface area (Å²) >= 11 is 0. The van der Waals surface area contributed by atoms with E-state index in [1.54, 1.807) is 7.11 Å². The number of nitrogens with zero attached hydrogens (tertiary/aromatic N) is 3. The van der Waals surface area contributed by atoms with Crippen molar-refractivity contribution in [3.05, 3.63) is 30.2 Å². The molecule has 2 rings (SSSR count). The number of aromatic nitrogens is 2. The second-order valence-corrected chi connectivity index (χ2v) is 6.30. The summed E-state index contributed by atoms with van der Waals surface area (Å²) in [5.74, 6) is 2.57.